The van der Waals surface area contributed by atoms with Gasteiger partial charge in [0, 0.05) is 5.38 Å². The van der Waals surface area contributed by atoms with E-state index in [0.717, 1.165) is 5.01 Å². The number of hydrogen-bond acceptors (Lipinski definition) is 4. The van der Waals surface area contributed by atoms with Gasteiger partial charge in [-0.2, -0.15) is 0 Å². The number of aryl methyl sites for hydroxylation is 1. The van der Waals surface area contributed by atoms with E-state index >= 15 is 0 Å². The highest BCUT2D eigenvalue weighted by molar-refractivity contribution is 7.89. The zero-order chi connectivity index (χ0) is 9.35. The van der Waals surface area contributed by atoms with Crippen LogP contribution in [0.3, 0.4) is 0 Å². The maximum Gasteiger partial charge on any atom is 0.217 e. The van der Waals surface area contributed by atoms with Gasteiger partial charge in [0.2, 0.25) is 10.0 Å². The van der Waals surface area contributed by atoms with Gasteiger partial charge >= 0.3 is 0 Å². The largest absolute Gasteiger partial charge is 0.245 e. The van der Waals surface area contributed by atoms with Crippen molar-refractivity contribution in [3.63, 3.8) is 0 Å². The van der Waals surface area contributed by atoms with E-state index in [0.29, 0.717) is 5.69 Å². The Morgan fingerprint density at radius 1 is 1.67 bits per heavy atom. The average molecular weight is 206 g/mol. The highest BCUT2D eigenvalue weighted by atomic mass is 32.2. The van der Waals surface area contributed by atoms with Crippen LogP contribution in [0.2, 0.25) is 0 Å². The molecule has 0 amide bonds. The minimum Gasteiger partial charge on any atom is -0.245 e. The molecule has 0 aromatic carbocycles. The normalized spacial score (nSPS) is 14.6. The summed E-state index contributed by atoms with van der Waals surface area (Å²) < 4.78 is 21.8. The van der Waals surface area contributed by atoms with Gasteiger partial charge in [0.05, 0.1) is 10.7 Å². The monoisotopic (exact) mass is 206 g/mol. The number of thiazole rings is 1. The summed E-state index contributed by atoms with van der Waals surface area (Å²) in [5.41, 5.74) is 0.528. The van der Waals surface area contributed by atoms with Crippen LogP contribution >= 0.6 is 11.3 Å². The van der Waals surface area contributed by atoms with Crippen LogP contribution in [-0.2, 0) is 10.0 Å². The lowest BCUT2D eigenvalue weighted by molar-refractivity contribution is 0.587. The molecule has 1 rings (SSSR count). The Hall–Kier alpha value is -0.460. The number of nitrogens with two attached hydrogens (primary N) is 1. The van der Waals surface area contributed by atoms with Gasteiger partial charge in [0.1, 0.15) is 5.25 Å². The van der Waals surface area contributed by atoms with Gasteiger partial charge in [-0.25, -0.2) is 18.5 Å². The molecule has 0 saturated carbocycles. The molecule has 0 saturated heterocycles. The van der Waals surface area contributed by atoms with E-state index in [1.54, 1.807) is 5.38 Å². The molecule has 0 radical (unpaired) electrons. The molecule has 0 aliphatic carbocycles. The van der Waals surface area contributed by atoms with Crippen LogP contribution in [0.25, 0.3) is 0 Å². The molecule has 1 aromatic rings. The summed E-state index contributed by atoms with van der Waals surface area (Å²) in [5.74, 6) is 0. The molecule has 2 N–H and O–H groups in total. The molecule has 0 aliphatic rings. The van der Waals surface area contributed by atoms with E-state index < -0.39 is 15.3 Å². The molecule has 0 bridgehead atoms. The summed E-state index contributed by atoms with van der Waals surface area (Å²) in [7, 11) is -3.50. The van der Waals surface area contributed by atoms with E-state index in [1.807, 2.05) is 6.92 Å². The number of sulfonamides is 1. The van der Waals surface area contributed by atoms with Crippen molar-refractivity contribution in [2.45, 2.75) is 19.1 Å². The lowest BCUT2D eigenvalue weighted by Crippen LogP contribution is -2.19. The van der Waals surface area contributed by atoms with Crippen LogP contribution in [-0.4, -0.2) is 13.4 Å². The first-order valence-electron chi connectivity index (χ1n) is 3.35. The number of rotatable bonds is 2. The molecule has 0 fully saturated rings. The van der Waals surface area contributed by atoms with Gasteiger partial charge < -0.3 is 0 Å². The highest BCUT2D eigenvalue weighted by Gasteiger charge is 2.19. The van der Waals surface area contributed by atoms with E-state index in [2.05, 4.69) is 4.98 Å². The molecule has 12 heavy (non-hydrogen) atoms. The van der Waals surface area contributed by atoms with Crippen LogP contribution < -0.4 is 5.14 Å². The van der Waals surface area contributed by atoms with Crippen molar-refractivity contribution in [3.05, 3.63) is 16.1 Å². The summed E-state index contributed by atoms with van der Waals surface area (Å²) in [6.07, 6.45) is 0. The van der Waals surface area contributed by atoms with Crippen LogP contribution in [0.15, 0.2) is 5.38 Å². The quantitative estimate of drug-likeness (QED) is 0.778. The first kappa shape index (κ1) is 9.63. The molecular formula is C6H10N2O2S2. The third-order valence-corrected chi connectivity index (χ3v) is 3.56. The maximum absolute atomic E-state index is 10.9. The second-order valence-electron chi connectivity index (χ2n) is 2.52. The SMILES string of the molecule is Cc1nc(C(C)S(N)(=O)=O)cs1. The summed E-state index contributed by atoms with van der Waals surface area (Å²) in [6.45, 7) is 3.36. The molecule has 1 heterocycles. The van der Waals surface area contributed by atoms with Crippen LogP contribution in [0.5, 0.6) is 0 Å². The van der Waals surface area contributed by atoms with Crippen molar-refractivity contribution in [3.8, 4) is 0 Å². The molecule has 4 nitrogen and oxygen atoms in total. The summed E-state index contributed by atoms with van der Waals surface area (Å²) in [4.78, 5) is 4.04. The zero-order valence-electron chi connectivity index (χ0n) is 6.81. The first-order valence-corrected chi connectivity index (χ1v) is 5.84. The maximum atomic E-state index is 10.9. The minimum atomic E-state index is -3.50. The summed E-state index contributed by atoms with van der Waals surface area (Å²) >= 11 is 1.42. The molecule has 68 valence electrons. The van der Waals surface area contributed by atoms with Crippen LogP contribution in [0, 0.1) is 6.92 Å². The lowest BCUT2D eigenvalue weighted by atomic mass is 10.4. The van der Waals surface area contributed by atoms with Crippen LogP contribution in [0.4, 0.5) is 0 Å². The van der Waals surface area contributed by atoms with Gasteiger partial charge in [0.15, 0.2) is 0 Å². The van der Waals surface area contributed by atoms with Crippen molar-refractivity contribution < 1.29 is 8.42 Å². The predicted octanol–water partition coefficient (Wildman–Crippen LogP) is 0.801. The van der Waals surface area contributed by atoms with E-state index in [1.165, 1.54) is 18.3 Å². The topological polar surface area (TPSA) is 73.0 Å². The van der Waals surface area contributed by atoms with Gasteiger partial charge in [-0.1, -0.05) is 0 Å². The Kier molecular flexibility index (Phi) is 2.50. The van der Waals surface area contributed by atoms with Crippen molar-refractivity contribution in [1.82, 2.24) is 4.98 Å². The number of aromatic nitrogens is 1. The van der Waals surface area contributed by atoms with Crippen molar-refractivity contribution in [2.75, 3.05) is 0 Å². The number of nitrogens with zero attached hydrogens (tertiary/aromatic N) is 1. The predicted molar refractivity (Wildman–Crippen MR) is 48.4 cm³/mol. The summed E-state index contributed by atoms with van der Waals surface area (Å²) in [6, 6.07) is 0. The third-order valence-electron chi connectivity index (χ3n) is 1.55. The highest BCUT2D eigenvalue weighted by Crippen LogP contribution is 2.20. The second kappa shape index (κ2) is 3.12. The molecule has 1 unspecified atom stereocenters. The molecule has 0 spiro atoms. The number of primary sulfonamides is 1. The van der Waals surface area contributed by atoms with E-state index in [-0.39, 0.29) is 0 Å². The Morgan fingerprint density at radius 2 is 2.25 bits per heavy atom. The van der Waals surface area contributed by atoms with Crippen molar-refractivity contribution in [2.24, 2.45) is 5.14 Å². The van der Waals surface area contributed by atoms with Gasteiger partial charge in [0.25, 0.3) is 0 Å². The standard InChI is InChI=1S/C6H10N2O2S2/c1-4(12(7,9)10)6-3-11-5(2)8-6/h3-4H,1-2H3,(H2,7,9,10). The second-order valence-corrected chi connectivity index (χ2v) is 5.47. The summed E-state index contributed by atoms with van der Waals surface area (Å²) in [5, 5.41) is 6.81. The molecule has 0 aliphatic heterocycles. The fourth-order valence-corrected chi connectivity index (χ4v) is 1.98. The van der Waals surface area contributed by atoms with E-state index in [4.69, 9.17) is 5.14 Å². The zero-order valence-corrected chi connectivity index (χ0v) is 8.45. The Balaban J connectivity index is 3.01. The van der Waals surface area contributed by atoms with Crippen LogP contribution in [0.1, 0.15) is 22.9 Å². The van der Waals surface area contributed by atoms with E-state index in [9.17, 15) is 8.42 Å². The number of hydrogen-bond donors (Lipinski definition) is 1. The minimum absolute atomic E-state index is 0.528. The Labute approximate surface area is 75.5 Å². The fraction of sp³-hybridized carbons (Fsp3) is 0.500. The Morgan fingerprint density at radius 3 is 2.58 bits per heavy atom. The lowest BCUT2D eigenvalue weighted by Gasteiger charge is -2.03. The molecular weight excluding hydrogens is 196 g/mol. The van der Waals surface area contributed by atoms with Crippen molar-refractivity contribution in [1.29, 1.82) is 0 Å². The van der Waals surface area contributed by atoms with Crippen molar-refractivity contribution >= 4 is 21.4 Å². The first-order chi connectivity index (χ1) is 5.41. The molecule has 1 atom stereocenters. The third kappa shape index (κ3) is 2.02. The smallest absolute Gasteiger partial charge is 0.217 e. The van der Waals surface area contributed by atoms with Gasteiger partial charge in [-0.3, -0.25) is 0 Å². The molecule has 6 heteroatoms. The van der Waals surface area contributed by atoms with Gasteiger partial charge in [-0.15, -0.1) is 11.3 Å². The Bertz CT molecular complexity index is 369. The average Bonchev–Trinajstić information content (AvgIpc) is 2.32. The fourth-order valence-electron chi connectivity index (χ4n) is 0.735. The van der Waals surface area contributed by atoms with Gasteiger partial charge in [-0.05, 0) is 13.8 Å². The molecule has 1 aromatic heterocycles.